The highest BCUT2D eigenvalue weighted by molar-refractivity contribution is 6.39. The summed E-state index contributed by atoms with van der Waals surface area (Å²) in [6.45, 7) is 1.71. The molecular formula is C16H11FN2O4. The Bertz CT molecular complexity index is 853. The second kappa shape index (κ2) is 5.53. The van der Waals surface area contributed by atoms with Crippen LogP contribution in [-0.2, 0) is 9.59 Å². The molecule has 4 amide bonds. The van der Waals surface area contributed by atoms with Gasteiger partial charge in [-0.05, 0) is 37.3 Å². The molecule has 0 spiro atoms. The number of barbiturate groups is 1. The SMILES string of the molecule is Cc1ccc(/C=C2/C(=O)NC(=O)N(c3ccccc3F)C2=O)o1. The maximum Gasteiger partial charge on any atom is 0.336 e. The van der Waals surface area contributed by atoms with Crippen LogP contribution in [0.1, 0.15) is 11.5 Å². The molecule has 0 aliphatic carbocycles. The number of halogens is 1. The van der Waals surface area contributed by atoms with Crippen LogP contribution in [0.5, 0.6) is 0 Å². The van der Waals surface area contributed by atoms with Gasteiger partial charge < -0.3 is 4.42 Å². The van der Waals surface area contributed by atoms with Crippen LogP contribution >= 0.6 is 0 Å². The molecule has 116 valence electrons. The summed E-state index contributed by atoms with van der Waals surface area (Å²) in [7, 11) is 0. The van der Waals surface area contributed by atoms with Crippen molar-refractivity contribution >= 4 is 29.6 Å². The fourth-order valence-electron chi connectivity index (χ4n) is 2.18. The number of hydrogen-bond acceptors (Lipinski definition) is 4. The van der Waals surface area contributed by atoms with Crippen molar-refractivity contribution in [3.8, 4) is 0 Å². The second-order valence-electron chi connectivity index (χ2n) is 4.86. The minimum atomic E-state index is -1.00. The number of benzene rings is 1. The number of aryl methyl sites for hydroxylation is 1. The average molecular weight is 314 g/mol. The van der Waals surface area contributed by atoms with Crippen LogP contribution in [0.3, 0.4) is 0 Å². The number of anilines is 1. The molecule has 7 heteroatoms. The van der Waals surface area contributed by atoms with Crippen LogP contribution in [-0.4, -0.2) is 17.8 Å². The molecule has 1 aromatic carbocycles. The van der Waals surface area contributed by atoms with E-state index in [9.17, 15) is 18.8 Å². The van der Waals surface area contributed by atoms with Crippen LogP contribution in [0.2, 0.25) is 0 Å². The molecule has 0 unspecified atom stereocenters. The summed E-state index contributed by atoms with van der Waals surface area (Å²) < 4.78 is 19.2. The Kier molecular flexibility index (Phi) is 3.53. The third-order valence-electron chi connectivity index (χ3n) is 3.24. The monoisotopic (exact) mass is 314 g/mol. The highest BCUT2D eigenvalue weighted by Gasteiger charge is 2.38. The minimum absolute atomic E-state index is 0.232. The molecule has 23 heavy (non-hydrogen) atoms. The van der Waals surface area contributed by atoms with Crippen molar-refractivity contribution in [2.75, 3.05) is 4.90 Å². The minimum Gasteiger partial charge on any atom is -0.462 e. The first-order valence-electron chi connectivity index (χ1n) is 6.70. The molecule has 0 radical (unpaired) electrons. The summed E-state index contributed by atoms with van der Waals surface area (Å²) >= 11 is 0. The highest BCUT2D eigenvalue weighted by atomic mass is 19.1. The van der Waals surface area contributed by atoms with Crippen LogP contribution in [0.4, 0.5) is 14.9 Å². The molecular weight excluding hydrogens is 303 g/mol. The maximum atomic E-state index is 13.9. The lowest BCUT2D eigenvalue weighted by Crippen LogP contribution is -2.54. The quantitative estimate of drug-likeness (QED) is 0.682. The lowest BCUT2D eigenvalue weighted by molar-refractivity contribution is -0.122. The Balaban J connectivity index is 2.04. The Morgan fingerprint density at radius 3 is 2.52 bits per heavy atom. The molecule has 1 aliphatic rings. The molecule has 6 nitrogen and oxygen atoms in total. The molecule has 2 aromatic rings. The Morgan fingerprint density at radius 1 is 1.13 bits per heavy atom. The zero-order chi connectivity index (χ0) is 16.6. The van der Waals surface area contributed by atoms with Crippen molar-refractivity contribution in [3.05, 3.63) is 59.3 Å². The van der Waals surface area contributed by atoms with Gasteiger partial charge in [0.1, 0.15) is 22.9 Å². The number of carbonyl (C=O) groups is 3. The van der Waals surface area contributed by atoms with Gasteiger partial charge in [0.05, 0.1) is 5.69 Å². The summed E-state index contributed by atoms with van der Waals surface area (Å²) in [5, 5.41) is 2.01. The number of rotatable bonds is 2. The van der Waals surface area contributed by atoms with E-state index >= 15 is 0 Å². The van der Waals surface area contributed by atoms with Crippen molar-refractivity contribution in [2.45, 2.75) is 6.92 Å². The molecule has 0 saturated carbocycles. The number of hydrogen-bond donors (Lipinski definition) is 1. The summed E-state index contributed by atoms with van der Waals surface area (Å²) in [4.78, 5) is 36.9. The lowest BCUT2D eigenvalue weighted by Gasteiger charge is -2.26. The van der Waals surface area contributed by atoms with Gasteiger partial charge in [-0.3, -0.25) is 14.9 Å². The first-order valence-corrected chi connectivity index (χ1v) is 6.70. The van der Waals surface area contributed by atoms with E-state index in [1.165, 1.54) is 24.3 Å². The Morgan fingerprint density at radius 2 is 1.87 bits per heavy atom. The average Bonchev–Trinajstić information content (AvgIpc) is 2.91. The number of urea groups is 1. The van der Waals surface area contributed by atoms with Gasteiger partial charge in [0.2, 0.25) is 0 Å². The van der Waals surface area contributed by atoms with Gasteiger partial charge in [0.25, 0.3) is 11.8 Å². The zero-order valence-electron chi connectivity index (χ0n) is 12.0. The number of imide groups is 2. The van der Waals surface area contributed by atoms with Gasteiger partial charge >= 0.3 is 6.03 Å². The van der Waals surface area contributed by atoms with Gasteiger partial charge in [0, 0.05) is 0 Å². The molecule has 0 bridgehead atoms. The van der Waals surface area contributed by atoms with E-state index in [-0.39, 0.29) is 17.0 Å². The second-order valence-corrected chi connectivity index (χ2v) is 4.86. The van der Waals surface area contributed by atoms with E-state index in [1.54, 1.807) is 19.1 Å². The standard InChI is InChI=1S/C16H11FN2O4/c1-9-6-7-10(23-9)8-11-14(20)18-16(22)19(15(11)21)13-5-3-2-4-12(13)17/h2-8H,1H3,(H,18,20,22)/b11-8-. The van der Waals surface area contributed by atoms with Crippen LogP contribution in [0.25, 0.3) is 6.08 Å². The van der Waals surface area contributed by atoms with E-state index in [0.717, 1.165) is 6.07 Å². The Labute approximate surface area is 130 Å². The van der Waals surface area contributed by atoms with E-state index in [2.05, 4.69) is 0 Å². The number of nitrogens with one attached hydrogen (secondary N) is 1. The highest BCUT2D eigenvalue weighted by Crippen LogP contribution is 2.24. The molecule has 1 aliphatic heterocycles. The molecule has 1 fully saturated rings. The van der Waals surface area contributed by atoms with Gasteiger partial charge in [0.15, 0.2) is 0 Å². The number of amides is 4. The smallest absolute Gasteiger partial charge is 0.336 e. The topological polar surface area (TPSA) is 79.6 Å². The van der Waals surface area contributed by atoms with Crippen molar-refractivity contribution in [2.24, 2.45) is 0 Å². The number of carbonyl (C=O) groups excluding carboxylic acids is 3. The van der Waals surface area contributed by atoms with E-state index in [4.69, 9.17) is 4.42 Å². The first kappa shape index (κ1) is 14.7. The van der Waals surface area contributed by atoms with Crippen molar-refractivity contribution in [1.29, 1.82) is 0 Å². The third kappa shape index (κ3) is 2.64. The summed E-state index contributed by atoms with van der Waals surface area (Å²) in [6.07, 6.45) is 1.21. The molecule has 2 heterocycles. The molecule has 3 rings (SSSR count). The molecule has 1 aromatic heterocycles. The van der Waals surface area contributed by atoms with E-state index < -0.39 is 23.7 Å². The summed E-state index contributed by atoms with van der Waals surface area (Å²) in [6, 6.07) is 7.54. The molecule has 1 N–H and O–H groups in total. The van der Waals surface area contributed by atoms with Crippen molar-refractivity contribution in [1.82, 2.24) is 5.32 Å². The van der Waals surface area contributed by atoms with Crippen LogP contribution < -0.4 is 10.2 Å². The fraction of sp³-hybridized carbons (Fsp3) is 0.0625. The Hall–Kier alpha value is -3.22. The fourth-order valence-corrected chi connectivity index (χ4v) is 2.18. The van der Waals surface area contributed by atoms with Gasteiger partial charge in [-0.2, -0.15) is 0 Å². The van der Waals surface area contributed by atoms with Crippen LogP contribution in [0.15, 0.2) is 46.4 Å². The van der Waals surface area contributed by atoms with Crippen LogP contribution in [0, 0.1) is 12.7 Å². The predicted molar refractivity (Wildman–Crippen MR) is 78.8 cm³/mol. The van der Waals surface area contributed by atoms with Crippen molar-refractivity contribution < 1.29 is 23.2 Å². The van der Waals surface area contributed by atoms with E-state index in [0.29, 0.717) is 10.7 Å². The van der Waals surface area contributed by atoms with Crippen molar-refractivity contribution in [3.63, 3.8) is 0 Å². The number of para-hydroxylation sites is 1. The maximum absolute atomic E-state index is 13.9. The number of furan rings is 1. The van der Waals surface area contributed by atoms with Gasteiger partial charge in [-0.1, -0.05) is 12.1 Å². The van der Waals surface area contributed by atoms with Gasteiger partial charge in [-0.15, -0.1) is 0 Å². The first-order chi connectivity index (χ1) is 11.0. The third-order valence-corrected chi connectivity index (χ3v) is 3.24. The van der Waals surface area contributed by atoms with E-state index in [1.807, 2.05) is 5.32 Å². The molecule has 0 atom stereocenters. The van der Waals surface area contributed by atoms with Gasteiger partial charge in [-0.25, -0.2) is 14.1 Å². The normalized spacial score (nSPS) is 16.9. The summed E-state index contributed by atoms with van der Waals surface area (Å²) in [5.41, 5.74) is -0.550. The zero-order valence-corrected chi connectivity index (χ0v) is 12.0. The molecule has 1 saturated heterocycles. The largest absolute Gasteiger partial charge is 0.462 e. The lowest BCUT2D eigenvalue weighted by atomic mass is 10.1. The number of nitrogens with zero attached hydrogens (tertiary/aromatic N) is 1. The summed E-state index contributed by atoms with van der Waals surface area (Å²) in [5.74, 6) is -1.65. The predicted octanol–water partition coefficient (Wildman–Crippen LogP) is 2.39.